The Morgan fingerprint density at radius 3 is 2.12 bits per heavy atom. The van der Waals surface area contributed by atoms with Gasteiger partial charge >= 0.3 is 11.9 Å². The van der Waals surface area contributed by atoms with E-state index in [0.717, 1.165) is 26.2 Å². The summed E-state index contributed by atoms with van der Waals surface area (Å²) in [5, 5.41) is 19.0. The van der Waals surface area contributed by atoms with E-state index in [-0.39, 0.29) is 0 Å². The van der Waals surface area contributed by atoms with Crippen LogP contribution in [0, 0.1) is 0 Å². The maximum atomic E-state index is 9.55. The van der Waals surface area contributed by atoms with E-state index in [1.54, 1.807) is 11.1 Å². The molecule has 6 heteroatoms. The molecule has 1 heterocycles. The van der Waals surface area contributed by atoms with Gasteiger partial charge < -0.3 is 20.4 Å². The molecule has 0 bridgehead atoms. The second kappa shape index (κ2) is 9.84. The Balaban J connectivity index is 0.000000242. The number of benzene rings is 1. The molecule has 0 unspecified atom stereocenters. The molecule has 0 aromatic heterocycles. The maximum Gasteiger partial charge on any atom is 0.328 e. The van der Waals surface area contributed by atoms with Crippen LogP contribution in [0.1, 0.15) is 30.4 Å². The zero-order valence-corrected chi connectivity index (χ0v) is 14.4. The third kappa shape index (κ3) is 6.58. The smallest absolute Gasteiger partial charge is 0.328 e. The SMILES string of the molecule is O=C(O)/C=C\C(=O)O.c1cc2c(cc1N1CCNCC1)CCCCC2. The van der Waals surface area contributed by atoms with Gasteiger partial charge in [-0.25, -0.2) is 9.59 Å². The van der Waals surface area contributed by atoms with E-state index in [9.17, 15) is 9.59 Å². The molecule has 25 heavy (non-hydrogen) atoms. The van der Waals surface area contributed by atoms with Crippen LogP contribution in [0.25, 0.3) is 0 Å². The molecule has 3 rings (SSSR count). The summed E-state index contributed by atoms with van der Waals surface area (Å²) < 4.78 is 0. The highest BCUT2D eigenvalue weighted by atomic mass is 16.4. The van der Waals surface area contributed by atoms with Gasteiger partial charge in [-0.2, -0.15) is 0 Å². The number of carboxylic acids is 2. The van der Waals surface area contributed by atoms with Gasteiger partial charge in [0.05, 0.1) is 0 Å². The van der Waals surface area contributed by atoms with Crippen LogP contribution < -0.4 is 10.2 Å². The van der Waals surface area contributed by atoms with Crippen molar-refractivity contribution < 1.29 is 19.8 Å². The number of nitrogens with one attached hydrogen (secondary N) is 1. The van der Waals surface area contributed by atoms with Crippen LogP contribution in [0.3, 0.4) is 0 Å². The summed E-state index contributed by atoms with van der Waals surface area (Å²) in [5.74, 6) is -2.51. The molecule has 0 radical (unpaired) electrons. The van der Waals surface area contributed by atoms with Crippen LogP contribution in [-0.2, 0) is 22.4 Å². The highest BCUT2D eigenvalue weighted by Gasteiger charge is 2.13. The number of carbonyl (C=O) groups is 2. The summed E-state index contributed by atoms with van der Waals surface area (Å²) in [6, 6.07) is 7.15. The Morgan fingerprint density at radius 2 is 1.52 bits per heavy atom. The molecule has 1 aliphatic carbocycles. The third-order valence-electron chi connectivity index (χ3n) is 4.43. The number of rotatable bonds is 3. The Labute approximate surface area is 148 Å². The molecule has 0 saturated carbocycles. The molecule has 0 amide bonds. The minimum atomic E-state index is -1.26. The van der Waals surface area contributed by atoms with Crippen LogP contribution in [0.15, 0.2) is 30.4 Å². The van der Waals surface area contributed by atoms with Crippen LogP contribution in [0.2, 0.25) is 0 Å². The second-order valence-corrected chi connectivity index (χ2v) is 6.26. The van der Waals surface area contributed by atoms with Crippen molar-refractivity contribution in [2.75, 3.05) is 31.1 Å². The molecule has 136 valence electrons. The van der Waals surface area contributed by atoms with E-state index in [1.807, 2.05) is 0 Å². The second-order valence-electron chi connectivity index (χ2n) is 6.26. The van der Waals surface area contributed by atoms with E-state index < -0.39 is 11.9 Å². The molecule has 1 fully saturated rings. The lowest BCUT2D eigenvalue weighted by atomic mass is 10.0. The Bertz CT molecular complexity index is 606. The first-order valence-electron chi connectivity index (χ1n) is 8.77. The summed E-state index contributed by atoms with van der Waals surface area (Å²) in [5.41, 5.74) is 4.65. The summed E-state index contributed by atoms with van der Waals surface area (Å²) in [7, 11) is 0. The third-order valence-corrected chi connectivity index (χ3v) is 4.43. The molecule has 2 aliphatic rings. The summed E-state index contributed by atoms with van der Waals surface area (Å²) >= 11 is 0. The van der Waals surface area contributed by atoms with Crippen molar-refractivity contribution in [2.24, 2.45) is 0 Å². The first-order valence-corrected chi connectivity index (χ1v) is 8.77. The maximum absolute atomic E-state index is 9.55. The number of nitrogens with zero attached hydrogens (tertiary/aromatic N) is 1. The average molecular weight is 346 g/mol. The number of hydrogen-bond acceptors (Lipinski definition) is 4. The van der Waals surface area contributed by atoms with Gasteiger partial charge in [0.2, 0.25) is 0 Å². The highest BCUT2D eigenvalue weighted by molar-refractivity contribution is 5.89. The zero-order valence-electron chi connectivity index (χ0n) is 14.4. The van der Waals surface area contributed by atoms with Crippen molar-refractivity contribution in [1.82, 2.24) is 5.32 Å². The summed E-state index contributed by atoms with van der Waals surface area (Å²) in [4.78, 5) is 21.6. The topological polar surface area (TPSA) is 89.9 Å². The van der Waals surface area contributed by atoms with Gasteiger partial charge in [0.15, 0.2) is 0 Å². The quantitative estimate of drug-likeness (QED) is 0.573. The zero-order chi connectivity index (χ0) is 18.1. The van der Waals surface area contributed by atoms with Crippen molar-refractivity contribution in [3.63, 3.8) is 0 Å². The fraction of sp³-hybridized carbons (Fsp3) is 0.474. The van der Waals surface area contributed by atoms with Crippen molar-refractivity contribution >= 4 is 17.6 Å². The number of fused-ring (bicyclic) bond motifs is 1. The minimum Gasteiger partial charge on any atom is -0.478 e. The van der Waals surface area contributed by atoms with E-state index >= 15 is 0 Å². The van der Waals surface area contributed by atoms with Gasteiger partial charge in [-0.3, -0.25) is 0 Å². The normalized spacial score (nSPS) is 17.2. The largest absolute Gasteiger partial charge is 0.478 e. The van der Waals surface area contributed by atoms with E-state index in [2.05, 4.69) is 28.4 Å². The predicted octanol–water partition coefficient (Wildman–Crippen LogP) is 2.08. The molecular weight excluding hydrogens is 320 g/mol. The van der Waals surface area contributed by atoms with Gasteiger partial charge in [0.1, 0.15) is 0 Å². The van der Waals surface area contributed by atoms with Gasteiger partial charge in [-0.1, -0.05) is 12.5 Å². The van der Waals surface area contributed by atoms with Crippen molar-refractivity contribution in [3.05, 3.63) is 41.5 Å². The molecule has 1 aromatic rings. The molecule has 1 aromatic carbocycles. The van der Waals surface area contributed by atoms with Gasteiger partial charge in [-0.05, 0) is 48.9 Å². The van der Waals surface area contributed by atoms with Crippen molar-refractivity contribution in [1.29, 1.82) is 0 Å². The van der Waals surface area contributed by atoms with Crippen LogP contribution in [-0.4, -0.2) is 48.3 Å². The number of aliphatic carboxylic acids is 2. The number of aryl methyl sites for hydroxylation is 2. The number of carboxylic acid groups (broad SMARTS) is 2. The molecule has 1 saturated heterocycles. The number of anilines is 1. The van der Waals surface area contributed by atoms with Crippen LogP contribution in [0.4, 0.5) is 5.69 Å². The van der Waals surface area contributed by atoms with Gasteiger partial charge in [-0.15, -0.1) is 0 Å². The van der Waals surface area contributed by atoms with Crippen molar-refractivity contribution in [2.45, 2.75) is 32.1 Å². The fourth-order valence-electron chi connectivity index (χ4n) is 3.16. The highest BCUT2D eigenvalue weighted by Crippen LogP contribution is 2.25. The van der Waals surface area contributed by atoms with E-state index in [4.69, 9.17) is 10.2 Å². The molecule has 0 atom stereocenters. The van der Waals surface area contributed by atoms with E-state index in [0.29, 0.717) is 12.2 Å². The molecule has 3 N–H and O–H groups in total. The average Bonchev–Trinajstić information content (AvgIpc) is 2.86. The number of piperazine rings is 1. The molecule has 6 nitrogen and oxygen atoms in total. The predicted molar refractivity (Wildman–Crippen MR) is 97.2 cm³/mol. The Kier molecular flexibility index (Phi) is 7.47. The monoisotopic (exact) mass is 346 g/mol. The lowest BCUT2D eigenvalue weighted by Gasteiger charge is -2.30. The first-order chi connectivity index (χ1) is 12.1. The lowest BCUT2D eigenvalue weighted by Crippen LogP contribution is -2.43. The van der Waals surface area contributed by atoms with Crippen LogP contribution >= 0.6 is 0 Å². The molecular formula is C19H26N2O4. The van der Waals surface area contributed by atoms with Crippen LogP contribution in [0.5, 0.6) is 0 Å². The minimum absolute atomic E-state index is 0.558. The molecule has 0 spiro atoms. The summed E-state index contributed by atoms with van der Waals surface area (Å²) in [6.07, 6.45) is 7.84. The Morgan fingerprint density at radius 1 is 0.920 bits per heavy atom. The standard InChI is InChI=1S/C15H22N2.C4H4O4/c1-2-4-13-6-7-15(12-14(13)5-3-1)17-10-8-16-9-11-17;5-3(6)1-2-4(7)8/h6-7,12,16H,1-5,8-11H2;1-2H,(H,5,6)(H,7,8)/b;2-1-. The van der Waals surface area contributed by atoms with Crippen molar-refractivity contribution in [3.8, 4) is 0 Å². The molecule has 1 aliphatic heterocycles. The fourth-order valence-corrected chi connectivity index (χ4v) is 3.16. The summed E-state index contributed by atoms with van der Waals surface area (Å²) in [6.45, 7) is 4.55. The first kappa shape index (κ1) is 19.0. The lowest BCUT2D eigenvalue weighted by molar-refractivity contribution is -0.134. The number of hydrogen-bond donors (Lipinski definition) is 3. The van der Waals surface area contributed by atoms with Gasteiger partial charge in [0.25, 0.3) is 0 Å². The Hall–Kier alpha value is -2.34. The van der Waals surface area contributed by atoms with E-state index in [1.165, 1.54) is 37.8 Å². The van der Waals surface area contributed by atoms with Gasteiger partial charge in [0, 0.05) is 44.0 Å².